The summed E-state index contributed by atoms with van der Waals surface area (Å²) in [5.41, 5.74) is 2.02. The van der Waals surface area contributed by atoms with Crippen molar-refractivity contribution < 1.29 is 5.11 Å². The summed E-state index contributed by atoms with van der Waals surface area (Å²) in [6, 6.07) is 10.0. The lowest BCUT2D eigenvalue weighted by molar-refractivity contribution is 0.0776. The Hall–Kier alpha value is -1.76. The van der Waals surface area contributed by atoms with Crippen LogP contribution in [0.25, 0.3) is 5.69 Å². The highest BCUT2D eigenvalue weighted by atomic mass is 16.3. The summed E-state index contributed by atoms with van der Waals surface area (Å²) in [6.45, 7) is 7.44. The fourth-order valence-corrected chi connectivity index (χ4v) is 2.81. The Morgan fingerprint density at radius 2 is 1.77 bits per heavy atom. The minimum Gasteiger partial charge on any atom is -0.392 e. The molecule has 1 fully saturated rings. The number of aliphatic hydroxyl groups excluding tert-OH is 1. The largest absolute Gasteiger partial charge is 0.392 e. The maximum absolute atomic E-state index is 9.44. The van der Waals surface area contributed by atoms with Gasteiger partial charge in [0, 0.05) is 39.3 Å². The van der Waals surface area contributed by atoms with Crippen LogP contribution in [0.2, 0.25) is 0 Å². The highest BCUT2D eigenvalue weighted by molar-refractivity contribution is 5.29. The van der Waals surface area contributed by atoms with Crippen molar-refractivity contribution in [2.75, 3.05) is 32.7 Å². The van der Waals surface area contributed by atoms with Crippen LogP contribution in [0.5, 0.6) is 0 Å². The number of β-amino-alcohol motifs (C(OH)–C–C–N with tert-alkyl or cyclic N) is 1. The van der Waals surface area contributed by atoms with Crippen LogP contribution in [0.3, 0.4) is 0 Å². The molecule has 0 aliphatic carbocycles. The van der Waals surface area contributed by atoms with E-state index in [2.05, 4.69) is 20.1 Å². The highest BCUT2D eigenvalue weighted by Gasteiger charge is 2.18. The molecule has 1 aromatic heterocycles. The van der Waals surface area contributed by atoms with Crippen LogP contribution in [0.15, 0.2) is 36.5 Å². The van der Waals surface area contributed by atoms with E-state index in [0.717, 1.165) is 50.6 Å². The summed E-state index contributed by atoms with van der Waals surface area (Å²) < 4.78 is 1.82. The minimum absolute atomic E-state index is 0.252. The van der Waals surface area contributed by atoms with Gasteiger partial charge in [0.25, 0.3) is 0 Å². The molecule has 1 saturated heterocycles. The molecule has 118 valence electrons. The van der Waals surface area contributed by atoms with Gasteiger partial charge in [-0.3, -0.25) is 9.80 Å². The second-order valence-corrected chi connectivity index (χ2v) is 5.92. The molecule has 0 unspecified atom stereocenters. The molecule has 1 atom stereocenters. The zero-order valence-electron chi connectivity index (χ0n) is 13.0. The summed E-state index contributed by atoms with van der Waals surface area (Å²) in [6.07, 6.45) is 1.75. The fraction of sp³-hybridized carbons (Fsp3) is 0.500. The number of nitrogens with zero attached hydrogens (tertiary/aromatic N) is 5. The predicted octanol–water partition coefficient (Wildman–Crippen LogP) is 0.766. The molecule has 0 spiro atoms. The number of benzene rings is 1. The van der Waals surface area contributed by atoms with Crippen molar-refractivity contribution >= 4 is 0 Å². The van der Waals surface area contributed by atoms with E-state index in [1.807, 2.05) is 48.1 Å². The van der Waals surface area contributed by atoms with Crippen molar-refractivity contribution in [1.29, 1.82) is 0 Å². The van der Waals surface area contributed by atoms with Crippen LogP contribution in [-0.4, -0.2) is 68.7 Å². The molecule has 22 heavy (non-hydrogen) atoms. The van der Waals surface area contributed by atoms with E-state index in [1.165, 1.54) is 0 Å². The van der Waals surface area contributed by atoms with Crippen LogP contribution < -0.4 is 0 Å². The van der Waals surface area contributed by atoms with E-state index < -0.39 is 0 Å². The minimum atomic E-state index is -0.252. The average Bonchev–Trinajstić information content (AvgIpc) is 2.98. The number of aliphatic hydroxyl groups is 1. The molecule has 2 aromatic rings. The van der Waals surface area contributed by atoms with Crippen molar-refractivity contribution in [3.05, 3.63) is 42.2 Å². The first-order valence-corrected chi connectivity index (χ1v) is 7.80. The van der Waals surface area contributed by atoms with Gasteiger partial charge in [-0.2, -0.15) is 0 Å². The Kier molecular flexibility index (Phi) is 4.82. The second-order valence-electron chi connectivity index (χ2n) is 5.92. The molecular weight excluding hydrogens is 278 g/mol. The van der Waals surface area contributed by atoms with Gasteiger partial charge in [0.15, 0.2) is 0 Å². The third-order valence-electron chi connectivity index (χ3n) is 3.93. The molecule has 2 heterocycles. The molecule has 0 amide bonds. The Morgan fingerprint density at radius 1 is 1.09 bits per heavy atom. The standard InChI is InChI=1S/C16H23N5O/c1-14(22)11-19-7-9-20(10-8-19)12-15-13-21(18-17-15)16-5-3-2-4-6-16/h2-6,13-14,22H,7-12H2,1H3/t14-/m1/s1. The predicted molar refractivity (Wildman–Crippen MR) is 84.8 cm³/mol. The van der Waals surface area contributed by atoms with Crippen LogP contribution in [0.4, 0.5) is 0 Å². The fourth-order valence-electron chi connectivity index (χ4n) is 2.81. The van der Waals surface area contributed by atoms with Crippen LogP contribution in [0.1, 0.15) is 12.6 Å². The Bertz CT molecular complexity index is 575. The van der Waals surface area contributed by atoms with Crippen LogP contribution in [-0.2, 0) is 6.54 Å². The number of hydrogen-bond acceptors (Lipinski definition) is 5. The van der Waals surface area contributed by atoms with Gasteiger partial charge in [-0.25, -0.2) is 4.68 Å². The van der Waals surface area contributed by atoms with E-state index in [1.54, 1.807) is 0 Å². The maximum atomic E-state index is 9.44. The van der Waals surface area contributed by atoms with Gasteiger partial charge < -0.3 is 5.11 Å². The third kappa shape index (κ3) is 3.91. The zero-order chi connectivity index (χ0) is 15.4. The lowest BCUT2D eigenvalue weighted by Gasteiger charge is -2.34. The molecule has 0 radical (unpaired) electrons. The number of rotatable bonds is 5. The van der Waals surface area contributed by atoms with Crippen molar-refractivity contribution in [2.24, 2.45) is 0 Å². The Labute approximate surface area is 131 Å². The summed E-state index contributed by atoms with van der Waals surface area (Å²) in [5, 5.41) is 17.9. The van der Waals surface area contributed by atoms with Gasteiger partial charge in [0.05, 0.1) is 23.7 Å². The molecule has 1 aliphatic heterocycles. The average molecular weight is 301 g/mol. The lowest BCUT2D eigenvalue weighted by atomic mass is 10.2. The monoisotopic (exact) mass is 301 g/mol. The molecule has 3 rings (SSSR count). The molecule has 0 saturated carbocycles. The first-order valence-electron chi connectivity index (χ1n) is 7.80. The van der Waals surface area contributed by atoms with Gasteiger partial charge in [-0.1, -0.05) is 23.4 Å². The van der Waals surface area contributed by atoms with Gasteiger partial charge in [0.1, 0.15) is 0 Å². The number of para-hydroxylation sites is 1. The summed E-state index contributed by atoms with van der Waals surface area (Å²) in [5.74, 6) is 0. The molecular formula is C16H23N5O. The van der Waals surface area contributed by atoms with E-state index >= 15 is 0 Å². The van der Waals surface area contributed by atoms with Crippen molar-refractivity contribution in [2.45, 2.75) is 19.6 Å². The van der Waals surface area contributed by atoms with Gasteiger partial charge in [-0.05, 0) is 19.1 Å². The molecule has 6 heteroatoms. The second kappa shape index (κ2) is 7.00. The number of aromatic nitrogens is 3. The van der Waals surface area contributed by atoms with E-state index in [0.29, 0.717) is 0 Å². The van der Waals surface area contributed by atoms with Crippen LogP contribution in [0, 0.1) is 0 Å². The normalized spacial score (nSPS) is 18.5. The Balaban J connectivity index is 1.54. The SMILES string of the molecule is C[C@@H](O)CN1CCN(Cc2cn(-c3ccccc3)nn2)CC1. The number of piperazine rings is 1. The van der Waals surface area contributed by atoms with Crippen molar-refractivity contribution in [1.82, 2.24) is 24.8 Å². The first kappa shape index (κ1) is 15.1. The third-order valence-corrected chi connectivity index (χ3v) is 3.93. The summed E-state index contributed by atoms with van der Waals surface area (Å²) >= 11 is 0. The van der Waals surface area contributed by atoms with E-state index in [9.17, 15) is 5.11 Å². The molecule has 1 aromatic carbocycles. The first-order chi connectivity index (χ1) is 10.7. The molecule has 6 nitrogen and oxygen atoms in total. The molecule has 1 N–H and O–H groups in total. The topological polar surface area (TPSA) is 57.4 Å². The Morgan fingerprint density at radius 3 is 2.45 bits per heavy atom. The van der Waals surface area contributed by atoms with E-state index in [4.69, 9.17) is 0 Å². The maximum Gasteiger partial charge on any atom is 0.0971 e. The quantitative estimate of drug-likeness (QED) is 0.884. The number of hydrogen-bond donors (Lipinski definition) is 1. The van der Waals surface area contributed by atoms with Gasteiger partial charge in [-0.15, -0.1) is 5.10 Å². The smallest absolute Gasteiger partial charge is 0.0971 e. The van der Waals surface area contributed by atoms with Crippen LogP contribution >= 0.6 is 0 Å². The van der Waals surface area contributed by atoms with Gasteiger partial charge >= 0.3 is 0 Å². The molecule has 1 aliphatic rings. The van der Waals surface area contributed by atoms with Gasteiger partial charge in [0.2, 0.25) is 0 Å². The van der Waals surface area contributed by atoms with Crippen molar-refractivity contribution in [3.8, 4) is 5.69 Å². The zero-order valence-corrected chi connectivity index (χ0v) is 13.0. The highest BCUT2D eigenvalue weighted by Crippen LogP contribution is 2.09. The van der Waals surface area contributed by atoms with Crippen molar-refractivity contribution in [3.63, 3.8) is 0 Å². The summed E-state index contributed by atoms with van der Waals surface area (Å²) in [4.78, 5) is 4.69. The summed E-state index contributed by atoms with van der Waals surface area (Å²) in [7, 11) is 0. The molecule has 0 bridgehead atoms. The van der Waals surface area contributed by atoms with E-state index in [-0.39, 0.29) is 6.10 Å². The lowest BCUT2D eigenvalue weighted by Crippen LogP contribution is -2.47.